The van der Waals surface area contributed by atoms with Crippen molar-refractivity contribution in [1.29, 1.82) is 0 Å². The van der Waals surface area contributed by atoms with Gasteiger partial charge in [0.2, 0.25) is 5.95 Å². The molecule has 1 aliphatic rings. The Labute approximate surface area is 80.5 Å². The first-order chi connectivity index (χ1) is 6.70. The lowest BCUT2D eigenvalue weighted by Gasteiger charge is -2.26. The van der Waals surface area contributed by atoms with E-state index in [4.69, 9.17) is 16.6 Å². The summed E-state index contributed by atoms with van der Waals surface area (Å²) >= 11 is 0. The highest BCUT2D eigenvalue weighted by Crippen LogP contribution is 2.29. The maximum absolute atomic E-state index is 8.95. The molecule has 7 heteroatoms. The predicted octanol–water partition coefficient (Wildman–Crippen LogP) is -1.16. The molecular weight excluding hydrogens is 184 g/mol. The number of aliphatic hydroxyl groups is 1. The number of nitrogens with one attached hydrogen (secondary N) is 2. The van der Waals surface area contributed by atoms with Gasteiger partial charge in [-0.15, -0.1) is 0 Å². The second-order valence-electron chi connectivity index (χ2n) is 3.10. The summed E-state index contributed by atoms with van der Waals surface area (Å²) in [6, 6.07) is -0.0722. The third-order valence-electron chi connectivity index (χ3n) is 2.04. The number of fused-ring (bicyclic) bond motifs is 1. The van der Waals surface area contributed by atoms with E-state index in [2.05, 4.69) is 20.6 Å². The van der Waals surface area contributed by atoms with Crippen LogP contribution in [-0.2, 0) is 0 Å². The summed E-state index contributed by atoms with van der Waals surface area (Å²) in [6.07, 6.45) is 0. The summed E-state index contributed by atoms with van der Waals surface area (Å²) in [6.45, 7) is 0.607. The van der Waals surface area contributed by atoms with Crippen molar-refractivity contribution in [1.82, 2.24) is 9.97 Å². The van der Waals surface area contributed by atoms with E-state index in [9.17, 15) is 0 Å². The molecule has 0 unspecified atom stereocenters. The molecule has 0 aliphatic carbocycles. The normalized spacial score (nSPS) is 19.4. The maximum Gasteiger partial charge on any atom is 0.224 e. The molecule has 7 nitrogen and oxygen atoms in total. The molecule has 2 heterocycles. The van der Waals surface area contributed by atoms with Crippen LogP contribution in [-0.4, -0.2) is 34.3 Å². The van der Waals surface area contributed by atoms with Gasteiger partial charge in [0.1, 0.15) is 5.69 Å². The van der Waals surface area contributed by atoms with Crippen LogP contribution in [0.1, 0.15) is 0 Å². The average molecular weight is 196 g/mol. The molecule has 7 N–H and O–H groups in total. The Morgan fingerprint density at radius 3 is 2.93 bits per heavy atom. The molecule has 0 saturated carbocycles. The Morgan fingerprint density at radius 2 is 2.21 bits per heavy atom. The van der Waals surface area contributed by atoms with Crippen LogP contribution in [0.15, 0.2) is 0 Å². The zero-order valence-corrected chi connectivity index (χ0v) is 7.49. The minimum Gasteiger partial charge on any atom is -0.394 e. The summed E-state index contributed by atoms with van der Waals surface area (Å²) in [5, 5.41) is 15.0. The van der Waals surface area contributed by atoms with Gasteiger partial charge in [0.25, 0.3) is 0 Å². The van der Waals surface area contributed by atoms with Crippen LogP contribution in [0.25, 0.3) is 0 Å². The van der Waals surface area contributed by atoms with Gasteiger partial charge in [-0.2, -0.15) is 9.97 Å². The van der Waals surface area contributed by atoms with Gasteiger partial charge in [0, 0.05) is 6.54 Å². The lowest BCUT2D eigenvalue weighted by atomic mass is 10.2. The largest absolute Gasteiger partial charge is 0.394 e. The lowest BCUT2D eigenvalue weighted by molar-refractivity contribution is 0.277. The summed E-state index contributed by atoms with van der Waals surface area (Å²) in [5.41, 5.74) is 11.7. The van der Waals surface area contributed by atoms with E-state index in [0.717, 1.165) is 0 Å². The molecule has 0 radical (unpaired) electrons. The molecule has 0 saturated heterocycles. The SMILES string of the molecule is Nc1nc(N)c2c(n1)NC[C@H](CO)N2. The van der Waals surface area contributed by atoms with Crippen molar-refractivity contribution in [2.75, 3.05) is 35.3 Å². The molecule has 0 fully saturated rings. The molecule has 76 valence electrons. The van der Waals surface area contributed by atoms with Gasteiger partial charge >= 0.3 is 0 Å². The van der Waals surface area contributed by atoms with Crippen LogP contribution >= 0.6 is 0 Å². The molecule has 2 rings (SSSR count). The maximum atomic E-state index is 8.95. The first kappa shape index (κ1) is 8.82. The third-order valence-corrected chi connectivity index (χ3v) is 2.04. The zero-order valence-electron chi connectivity index (χ0n) is 7.49. The Bertz CT molecular complexity index is 354. The number of nitrogens with two attached hydrogens (primary N) is 2. The van der Waals surface area contributed by atoms with E-state index in [0.29, 0.717) is 18.1 Å². The minimum atomic E-state index is -0.0722. The summed E-state index contributed by atoms with van der Waals surface area (Å²) < 4.78 is 0. The Kier molecular flexibility index (Phi) is 2.01. The average Bonchev–Trinajstić information content (AvgIpc) is 2.17. The lowest BCUT2D eigenvalue weighted by Crippen LogP contribution is -2.37. The van der Waals surface area contributed by atoms with Gasteiger partial charge in [-0.25, -0.2) is 0 Å². The van der Waals surface area contributed by atoms with Gasteiger partial charge < -0.3 is 27.2 Å². The van der Waals surface area contributed by atoms with E-state index in [1.807, 2.05) is 0 Å². The van der Waals surface area contributed by atoms with Crippen molar-refractivity contribution in [3.8, 4) is 0 Å². The van der Waals surface area contributed by atoms with E-state index in [1.165, 1.54) is 0 Å². The highest BCUT2D eigenvalue weighted by Gasteiger charge is 2.20. The summed E-state index contributed by atoms with van der Waals surface area (Å²) in [7, 11) is 0. The number of anilines is 4. The molecule has 1 aromatic rings. The Balaban J connectivity index is 2.37. The fourth-order valence-corrected chi connectivity index (χ4v) is 1.35. The second kappa shape index (κ2) is 3.18. The second-order valence-corrected chi connectivity index (χ2v) is 3.10. The fourth-order valence-electron chi connectivity index (χ4n) is 1.35. The van der Waals surface area contributed by atoms with Crippen LogP contribution in [0.3, 0.4) is 0 Å². The quantitative estimate of drug-likeness (QED) is 0.384. The minimum absolute atomic E-state index is 0.0241. The van der Waals surface area contributed by atoms with Gasteiger partial charge in [0.15, 0.2) is 11.6 Å². The van der Waals surface area contributed by atoms with Crippen molar-refractivity contribution in [3.05, 3.63) is 0 Å². The van der Waals surface area contributed by atoms with Crippen LogP contribution in [0.5, 0.6) is 0 Å². The predicted molar refractivity (Wildman–Crippen MR) is 53.8 cm³/mol. The first-order valence-electron chi connectivity index (χ1n) is 4.25. The smallest absolute Gasteiger partial charge is 0.224 e. The standard InChI is InChI=1S/C7H12N6O/c8-5-4-6(13-7(9)12-5)10-1-3(2-14)11-4/h3,11,14H,1-2H2,(H5,8,9,10,12,13)/t3-/m1/s1. The van der Waals surface area contributed by atoms with Crippen molar-refractivity contribution in [3.63, 3.8) is 0 Å². The number of hydrogen-bond donors (Lipinski definition) is 5. The summed E-state index contributed by atoms with van der Waals surface area (Å²) in [4.78, 5) is 7.79. The highest BCUT2D eigenvalue weighted by atomic mass is 16.3. The van der Waals surface area contributed by atoms with Crippen LogP contribution in [0.2, 0.25) is 0 Å². The molecule has 0 bridgehead atoms. The monoisotopic (exact) mass is 196 g/mol. The van der Waals surface area contributed by atoms with E-state index in [-0.39, 0.29) is 24.4 Å². The highest BCUT2D eigenvalue weighted by molar-refractivity contribution is 5.78. The van der Waals surface area contributed by atoms with Gasteiger partial charge in [-0.1, -0.05) is 0 Å². The number of aromatic nitrogens is 2. The molecule has 0 spiro atoms. The molecule has 1 aliphatic heterocycles. The molecule has 1 aromatic heterocycles. The number of nitrogen functional groups attached to an aromatic ring is 2. The van der Waals surface area contributed by atoms with Gasteiger partial charge in [-0.3, -0.25) is 0 Å². The fraction of sp³-hybridized carbons (Fsp3) is 0.429. The van der Waals surface area contributed by atoms with E-state index >= 15 is 0 Å². The van der Waals surface area contributed by atoms with Crippen molar-refractivity contribution in [2.45, 2.75) is 6.04 Å². The van der Waals surface area contributed by atoms with Crippen LogP contribution in [0.4, 0.5) is 23.3 Å². The Morgan fingerprint density at radius 1 is 1.43 bits per heavy atom. The number of aliphatic hydroxyl groups excluding tert-OH is 1. The van der Waals surface area contributed by atoms with Gasteiger partial charge in [-0.05, 0) is 0 Å². The van der Waals surface area contributed by atoms with E-state index in [1.54, 1.807) is 0 Å². The number of nitrogens with zero attached hydrogens (tertiary/aromatic N) is 2. The van der Waals surface area contributed by atoms with E-state index < -0.39 is 0 Å². The number of hydrogen-bond acceptors (Lipinski definition) is 7. The summed E-state index contributed by atoms with van der Waals surface area (Å²) in [5.74, 6) is 1.01. The molecule has 0 aromatic carbocycles. The first-order valence-corrected chi connectivity index (χ1v) is 4.25. The van der Waals surface area contributed by atoms with Crippen molar-refractivity contribution >= 4 is 23.3 Å². The van der Waals surface area contributed by atoms with Crippen molar-refractivity contribution < 1.29 is 5.11 Å². The molecule has 1 atom stereocenters. The Hall–Kier alpha value is -1.76. The molecule has 14 heavy (non-hydrogen) atoms. The van der Waals surface area contributed by atoms with Crippen LogP contribution < -0.4 is 22.1 Å². The molecule has 0 amide bonds. The molecular formula is C7H12N6O. The zero-order chi connectivity index (χ0) is 10.1. The van der Waals surface area contributed by atoms with Crippen LogP contribution in [0, 0.1) is 0 Å². The van der Waals surface area contributed by atoms with Crippen molar-refractivity contribution in [2.24, 2.45) is 0 Å². The topological polar surface area (TPSA) is 122 Å². The third kappa shape index (κ3) is 1.37. The number of rotatable bonds is 1. The van der Waals surface area contributed by atoms with Gasteiger partial charge in [0.05, 0.1) is 12.6 Å².